The normalized spacial score (nSPS) is 17.1. The van der Waals surface area contributed by atoms with Gasteiger partial charge < -0.3 is 14.8 Å². The van der Waals surface area contributed by atoms with Crippen molar-refractivity contribution in [1.82, 2.24) is 18.8 Å². The second-order valence-electron chi connectivity index (χ2n) is 22.1. The van der Waals surface area contributed by atoms with E-state index < -0.39 is 0 Å². The number of anilines is 2. The van der Waals surface area contributed by atoms with Gasteiger partial charge in [-0.25, -0.2) is 4.98 Å². The molecule has 15 aromatic rings. The van der Waals surface area contributed by atoms with E-state index in [0.717, 1.165) is 110 Å². The molecule has 6 heterocycles. The van der Waals surface area contributed by atoms with Crippen LogP contribution in [0.2, 0.25) is 0 Å². The van der Waals surface area contributed by atoms with Gasteiger partial charge in [-0.1, -0.05) is 78.9 Å². The molecular weight excluding hydrogens is 909 g/mol. The van der Waals surface area contributed by atoms with Gasteiger partial charge in [-0.15, -0.1) is 0 Å². The van der Waals surface area contributed by atoms with Crippen molar-refractivity contribution in [1.29, 1.82) is 0 Å². The van der Waals surface area contributed by atoms with Crippen molar-refractivity contribution in [2.24, 2.45) is 0 Å². The van der Waals surface area contributed by atoms with E-state index in [1.807, 2.05) is 51.3 Å². The summed E-state index contributed by atoms with van der Waals surface area (Å²) in [6.07, 6.45) is 11.8. The molecule has 0 spiro atoms. The maximum atomic E-state index is 14.8. The molecule has 11 aromatic carbocycles. The molecule has 1 N–H and O–H groups in total. The summed E-state index contributed by atoms with van der Waals surface area (Å²) in [6, 6.07) is 44.4. The quantitative estimate of drug-likeness (QED) is 0.138. The zero-order valence-corrected chi connectivity index (χ0v) is 40.4. The lowest BCUT2D eigenvalue weighted by molar-refractivity contribution is 0.579. The van der Waals surface area contributed by atoms with Gasteiger partial charge in [-0.3, -0.25) is 18.4 Å². The van der Waals surface area contributed by atoms with Crippen LogP contribution in [0.4, 0.5) is 11.4 Å². The average molecular weight is 953 g/mol. The summed E-state index contributed by atoms with van der Waals surface area (Å²) >= 11 is 0. The highest BCUT2D eigenvalue weighted by molar-refractivity contribution is 6.47. The standard InChI is InChI=1S/C66H44N6O2/c73-65-43-25-19-34-36-16-22-40-60-52(70-29-9-2-10-30-70)32-46-38-20-26-44-57-41(63-67-47-11-3-5-13-49(47)71(63)66(44)74)23-17-33(53(38)57)35-15-21-39(61(60)55(35)46)59-51(69-27-7-1-8-28-69)31-45(56(36)62(40)59)37-18-24-42(58(43)54(34)37)64-68-48-12-4-6-14-50(48)72(64)65/h3-6,11-26,31-33,67H,1-2,7-10,27-30H2. The first kappa shape index (κ1) is 38.9. The number of pyridine rings is 2. The van der Waals surface area contributed by atoms with Crippen molar-refractivity contribution >= 4 is 148 Å². The second-order valence-corrected chi connectivity index (χ2v) is 22.1. The van der Waals surface area contributed by atoms with Crippen molar-refractivity contribution in [3.8, 4) is 11.1 Å². The highest BCUT2D eigenvalue weighted by Crippen LogP contribution is 2.59. The number of piperidine rings is 2. The molecule has 0 amide bonds. The number of imidazole rings is 2. The first-order valence-electron chi connectivity index (χ1n) is 26.8. The van der Waals surface area contributed by atoms with Crippen LogP contribution in [0.1, 0.15) is 61.1 Å². The predicted molar refractivity (Wildman–Crippen MR) is 308 cm³/mol. The maximum Gasteiger partial charge on any atom is 0.264 e. The van der Waals surface area contributed by atoms with Gasteiger partial charge in [-0.05, 0) is 164 Å². The lowest BCUT2D eigenvalue weighted by Gasteiger charge is -2.36. The van der Waals surface area contributed by atoms with Crippen LogP contribution in [0.15, 0.2) is 137 Å². The number of fused-ring (bicyclic) bond motifs is 14. The smallest absolute Gasteiger partial charge is 0.264 e. The van der Waals surface area contributed by atoms with Gasteiger partial charge in [0.15, 0.2) is 0 Å². The fraction of sp³-hybridized carbons (Fsp3) is 0.167. The Morgan fingerprint density at radius 3 is 1.82 bits per heavy atom. The molecule has 0 bridgehead atoms. The van der Waals surface area contributed by atoms with Gasteiger partial charge in [0, 0.05) is 97.5 Å². The molecule has 2 aliphatic heterocycles. The Balaban J connectivity index is 0.982. The molecule has 8 nitrogen and oxygen atoms in total. The number of allylic oxidation sites excluding steroid dienone is 1. The number of aromatic nitrogens is 4. The molecule has 2 aliphatic carbocycles. The number of rotatable bonds is 2. The maximum absolute atomic E-state index is 14.8. The van der Waals surface area contributed by atoms with E-state index >= 15 is 0 Å². The lowest BCUT2D eigenvalue weighted by Crippen LogP contribution is -2.30. The molecule has 2 saturated heterocycles. The number of aromatic amines is 1. The van der Waals surface area contributed by atoms with Crippen molar-refractivity contribution < 1.29 is 0 Å². The molecule has 0 saturated carbocycles. The Labute approximate surface area is 420 Å². The fourth-order valence-corrected chi connectivity index (χ4v) is 15.7. The van der Waals surface area contributed by atoms with Crippen LogP contribution < -0.4 is 20.9 Å². The Morgan fingerprint density at radius 2 is 1.04 bits per heavy atom. The summed E-state index contributed by atoms with van der Waals surface area (Å²) in [5.74, 6) is -0.0112. The van der Waals surface area contributed by atoms with E-state index in [1.165, 1.54) is 124 Å². The zero-order valence-electron chi connectivity index (χ0n) is 40.4. The molecule has 350 valence electrons. The summed E-state index contributed by atoms with van der Waals surface area (Å²) in [5.41, 5.74) is 13.9. The van der Waals surface area contributed by atoms with E-state index in [1.54, 1.807) is 0 Å². The van der Waals surface area contributed by atoms with Crippen LogP contribution in [-0.4, -0.2) is 44.9 Å². The zero-order chi connectivity index (χ0) is 48.0. The molecule has 4 aromatic heterocycles. The van der Waals surface area contributed by atoms with Crippen molar-refractivity contribution in [2.75, 3.05) is 36.0 Å². The SMILES string of the molecule is O=c1c2ccc3c4c2c(c2[nH]c5ccccc5n12)C=CC4c1ccc2c4c(N5CCCCC5)cc5c6ccc7c8c(ccc(c9ccc(c%10c(N%11CCCCC%11)cc-3c1c2%10)c4c95)c68)c(=O)n1c2ccccc2nc71. The molecule has 2 fully saturated rings. The van der Waals surface area contributed by atoms with Crippen LogP contribution in [0.5, 0.6) is 0 Å². The minimum absolute atomic E-state index is 0.0112. The van der Waals surface area contributed by atoms with Crippen LogP contribution in [0.25, 0.3) is 148 Å². The molecular formula is C66H44N6O2. The van der Waals surface area contributed by atoms with Crippen LogP contribution in [0, 0.1) is 0 Å². The van der Waals surface area contributed by atoms with E-state index in [0.29, 0.717) is 0 Å². The third-order valence-corrected chi connectivity index (χ3v) is 18.7. The second kappa shape index (κ2) is 13.3. The topological polar surface area (TPSA) is 78.1 Å². The molecule has 4 aliphatic rings. The molecule has 1 unspecified atom stereocenters. The van der Waals surface area contributed by atoms with Gasteiger partial charge >= 0.3 is 0 Å². The predicted octanol–water partition coefficient (Wildman–Crippen LogP) is 14.8. The van der Waals surface area contributed by atoms with Gasteiger partial charge in [0.25, 0.3) is 11.1 Å². The summed E-state index contributed by atoms with van der Waals surface area (Å²) in [4.78, 5) is 43.7. The first-order valence-corrected chi connectivity index (χ1v) is 26.8. The van der Waals surface area contributed by atoms with Gasteiger partial charge in [-0.2, -0.15) is 0 Å². The van der Waals surface area contributed by atoms with Gasteiger partial charge in [0.1, 0.15) is 11.3 Å². The van der Waals surface area contributed by atoms with Crippen LogP contribution >= 0.6 is 0 Å². The molecule has 8 heteroatoms. The third-order valence-electron chi connectivity index (χ3n) is 18.7. The average Bonchev–Trinajstić information content (AvgIpc) is 4.08. The highest BCUT2D eigenvalue weighted by atomic mass is 16.1. The minimum atomic E-state index is -0.0163. The molecule has 0 radical (unpaired) electrons. The van der Waals surface area contributed by atoms with Crippen molar-refractivity contribution in [3.63, 3.8) is 0 Å². The largest absolute Gasteiger partial charge is 0.371 e. The van der Waals surface area contributed by atoms with E-state index in [2.05, 4.69) is 106 Å². The number of hydrogen-bond donors (Lipinski definition) is 1. The fourth-order valence-electron chi connectivity index (χ4n) is 15.7. The Bertz CT molecular complexity index is 5280. The van der Waals surface area contributed by atoms with Gasteiger partial charge in [0.2, 0.25) is 0 Å². The number of H-pyrrole nitrogens is 1. The van der Waals surface area contributed by atoms with E-state index in [4.69, 9.17) is 4.98 Å². The highest BCUT2D eigenvalue weighted by Gasteiger charge is 2.36. The summed E-state index contributed by atoms with van der Waals surface area (Å²) in [5, 5.41) is 21.3. The number of benzene rings is 11. The van der Waals surface area contributed by atoms with Crippen molar-refractivity contribution in [2.45, 2.75) is 44.4 Å². The number of nitrogens with one attached hydrogen (secondary N) is 1. The molecule has 74 heavy (non-hydrogen) atoms. The summed E-state index contributed by atoms with van der Waals surface area (Å²) in [6.45, 7) is 4.06. The Hall–Kier alpha value is -8.75. The number of nitrogens with zero attached hydrogens (tertiary/aromatic N) is 5. The summed E-state index contributed by atoms with van der Waals surface area (Å²) < 4.78 is 3.71. The van der Waals surface area contributed by atoms with Crippen molar-refractivity contribution in [3.05, 3.63) is 165 Å². The Kier molecular flexibility index (Phi) is 6.96. The first-order chi connectivity index (χ1) is 36.6. The van der Waals surface area contributed by atoms with E-state index in [-0.39, 0.29) is 17.0 Å². The van der Waals surface area contributed by atoms with Crippen LogP contribution in [0.3, 0.4) is 0 Å². The minimum Gasteiger partial charge on any atom is -0.371 e. The number of hydrogen-bond acceptors (Lipinski definition) is 5. The monoisotopic (exact) mass is 952 g/mol. The van der Waals surface area contributed by atoms with Crippen LogP contribution in [-0.2, 0) is 0 Å². The Morgan fingerprint density at radius 1 is 0.459 bits per heavy atom. The van der Waals surface area contributed by atoms with Gasteiger partial charge in [0.05, 0.1) is 22.1 Å². The molecule has 1 atom stereocenters. The van der Waals surface area contributed by atoms with E-state index in [9.17, 15) is 9.59 Å². The third kappa shape index (κ3) is 4.43. The number of para-hydroxylation sites is 4. The lowest BCUT2D eigenvalue weighted by atomic mass is 9.70. The summed E-state index contributed by atoms with van der Waals surface area (Å²) in [7, 11) is 0. The molecule has 19 rings (SSSR count).